The van der Waals surface area contributed by atoms with E-state index >= 15 is 0 Å². The minimum Gasteiger partial charge on any atom is -0.349 e. The van der Waals surface area contributed by atoms with E-state index < -0.39 is 0 Å². The monoisotopic (exact) mass is 385 g/mol. The zero-order valence-corrected chi connectivity index (χ0v) is 18.2. The average molecular weight is 386 g/mol. The SMILES string of the molecule is CCN1CCN(C(C)(C)CNC(=O)c2nc(C(C)(C)C)n3ccccc23)CC1. The van der Waals surface area contributed by atoms with Crippen molar-refractivity contribution in [3.63, 3.8) is 0 Å². The molecule has 0 unspecified atom stereocenters. The van der Waals surface area contributed by atoms with Crippen LogP contribution in [0.2, 0.25) is 0 Å². The molecule has 1 amide bonds. The Morgan fingerprint density at radius 3 is 2.39 bits per heavy atom. The van der Waals surface area contributed by atoms with E-state index in [-0.39, 0.29) is 16.9 Å². The first-order chi connectivity index (χ1) is 13.1. The summed E-state index contributed by atoms with van der Waals surface area (Å²) in [7, 11) is 0. The molecule has 154 valence electrons. The van der Waals surface area contributed by atoms with Gasteiger partial charge in [-0.05, 0) is 32.5 Å². The lowest BCUT2D eigenvalue weighted by Crippen LogP contribution is -2.58. The van der Waals surface area contributed by atoms with Crippen LogP contribution < -0.4 is 5.32 Å². The van der Waals surface area contributed by atoms with Crippen LogP contribution >= 0.6 is 0 Å². The zero-order valence-electron chi connectivity index (χ0n) is 18.2. The van der Waals surface area contributed by atoms with E-state index in [1.54, 1.807) is 0 Å². The van der Waals surface area contributed by atoms with Gasteiger partial charge in [-0.1, -0.05) is 33.8 Å². The van der Waals surface area contributed by atoms with Gasteiger partial charge in [-0.25, -0.2) is 4.98 Å². The summed E-state index contributed by atoms with van der Waals surface area (Å²) in [4.78, 5) is 22.7. The van der Waals surface area contributed by atoms with Crippen molar-refractivity contribution in [2.45, 2.75) is 52.5 Å². The third kappa shape index (κ3) is 4.23. The first-order valence-electron chi connectivity index (χ1n) is 10.4. The molecule has 1 fully saturated rings. The van der Waals surface area contributed by atoms with Crippen LogP contribution in [0.15, 0.2) is 24.4 Å². The van der Waals surface area contributed by atoms with Crippen molar-refractivity contribution in [2.75, 3.05) is 39.3 Å². The summed E-state index contributed by atoms with van der Waals surface area (Å²) < 4.78 is 2.03. The number of fused-ring (bicyclic) bond motifs is 1. The highest BCUT2D eigenvalue weighted by atomic mass is 16.1. The lowest BCUT2D eigenvalue weighted by molar-refractivity contribution is 0.0521. The Kier molecular flexibility index (Phi) is 5.82. The van der Waals surface area contributed by atoms with E-state index in [1.165, 1.54) is 0 Å². The molecule has 1 aliphatic heterocycles. The molecule has 0 aromatic carbocycles. The van der Waals surface area contributed by atoms with Crippen LogP contribution in [-0.4, -0.2) is 69.9 Å². The van der Waals surface area contributed by atoms with Crippen molar-refractivity contribution < 1.29 is 4.79 Å². The molecule has 0 saturated carbocycles. The smallest absolute Gasteiger partial charge is 0.272 e. The van der Waals surface area contributed by atoms with Gasteiger partial charge in [0.15, 0.2) is 5.69 Å². The molecule has 2 aromatic rings. The standard InChI is InChI=1S/C22H35N5O/c1-7-25-12-14-26(15-13-25)22(5,6)16-23-19(28)18-17-10-8-9-11-27(17)20(24-18)21(2,3)4/h8-11H,7,12-16H2,1-6H3,(H,23,28). The molecule has 3 rings (SSSR count). The van der Waals surface area contributed by atoms with E-state index in [9.17, 15) is 4.79 Å². The zero-order chi connectivity index (χ0) is 20.5. The Balaban J connectivity index is 1.73. The van der Waals surface area contributed by atoms with Crippen LogP contribution in [-0.2, 0) is 5.41 Å². The fourth-order valence-electron chi connectivity index (χ4n) is 3.90. The van der Waals surface area contributed by atoms with Crippen molar-refractivity contribution in [3.05, 3.63) is 35.9 Å². The van der Waals surface area contributed by atoms with Crippen LogP contribution in [0.5, 0.6) is 0 Å². The quantitative estimate of drug-likeness (QED) is 0.860. The maximum atomic E-state index is 13.0. The second-order valence-electron chi connectivity index (χ2n) is 9.41. The number of rotatable bonds is 5. The van der Waals surface area contributed by atoms with Gasteiger partial charge in [-0.2, -0.15) is 0 Å². The number of carbonyl (C=O) groups is 1. The fourth-order valence-corrected chi connectivity index (χ4v) is 3.90. The number of aromatic nitrogens is 2. The van der Waals surface area contributed by atoms with Gasteiger partial charge in [-0.3, -0.25) is 9.69 Å². The lowest BCUT2D eigenvalue weighted by Gasteiger charge is -2.44. The van der Waals surface area contributed by atoms with Crippen LogP contribution in [0.1, 0.15) is 57.9 Å². The van der Waals surface area contributed by atoms with Crippen LogP contribution in [0.4, 0.5) is 0 Å². The molecule has 1 N–H and O–H groups in total. The highest BCUT2D eigenvalue weighted by Crippen LogP contribution is 2.25. The number of piperazine rings is 1. The van der Waals surface area contributed by atoms with E-state index in [2.05, 4.69) is 56.7 Å². The second kappa shape index (κ2) is 7.84. The number of carbonyl (C=O) groups excluding carboxylic acids is 1. The van der Waals surface area contributed by atoms with Gasteiger partial charge in [0.05, 0.1) is 5.52 Å². The van der Waals surface area contributed by atoms with Gasteiger partial charge in [0.2, 0.25) is 0 Å². The Morgan fingerprint density at radius 2 is 1.79 bits per heavy atom. The summed E-state index contributed by atoms with van der Waals surface area (Å²) in [5, 5.41) is 3.15. The molecule has 1 aliphatic rings. The summed E-state index contributed by atoms with van der Waals surface area (Å²) in [6.45, 7) is 19.0. The first kappa shape index (κ1) is 20.8. The topological polar surface area (TPSA) is 52.9 Å². The average Bonchev–Trinajstić information content (AvgIpc) is 3.06. The van der Waals surface area contributed by atoms with Gasteiger partial charge in [0.25, 0.3) is 5.91 Å². The molecule has 6 nitrogen and oxygen atoms in total. The van der Waals surface area contributed by atoms with Crippen LogP contribution in [0.25, 0.3) is 5.52 Å². The second-order valence-corrected chi connectivity index (χ2v) is 9.41. The number of hydrogen-bond donors (Lipinski definition) is 1. The van der Waals surface area contributed by atoms with Gasteiger partial charge >= 0.3 is 0 Å². The molecule has 3 heterocycles. The number of hydrogen-bond acceptors (Lipinski definition) is 4. The summed E-state index contributed by atoms with van der Waals surface area (Å²) in [5.41, 5.74) is 1.15. The third-order valence-electron chi connectivity index (χ3n) is 5.79. The molecular weight excluding hydrogens is 350 g/mol. The van der Waals surface area contributed by atoms with Crippen molar-refractivity contribution in [1.82, 2.24) is 24.5 Å². The summed E-state index contributed by atoms with van der Waals surface area (Å²) in [6.07, 6.45) is 1.98. The number of imidazole rings is 1. The molecule has 0 atom stereocenters. The Hall–Kier alpha value is -1.92. The van der Waals surface area contributed by atoms with Crippen molar-refractivity contribution in [1.29, 1.82) is 0 Å². The van der Waals surface area contributed by atoms with E-state index in [1.807, 2.05) is 28.8 Å². The molecule has 0 aliphatic carbocycles. The number of likely N-dealkylation sites (N-methyl/N-ethyl adjacent to an activating group) is 1. The van der Waals surface area contributed by atoms with Crippen LogP contribution in [0.3, 0.4) is 0 Å². The largest absolute Gasteiger partial charge is 0.349 e. The minimum absolute atomic E-state index is 0.0854. The summed E-state index contributed by atoms with van der Waals surface area (Å²) in [6, 6.07) is 5.90. The Morgan fingerprint density at radius 1 is 1.11 bits per heavy atom. The van der Waals surface area contributed by atoms with Gasteiger partial charge < -0.3 is 14.6 Å². The lowest BCUT2D eigenvalue weighted by atomic mass is 9.96. The van der Waals surface area contributed by atoms with Crippen LogP contribution in [0, 0.1) is 0 Å². The molecule has 28 heavy (non-hydrogen) atoms. The van der Waals surface area contributed by atoms with Crippen molar-refractivity contribution in [3.8, 4) is 0 Å². The predicted octanol–water partition coefficient (Wildman–Crippen LogP) is 2.78. The Labute approximate surface area is 168 Å². The Bertz CT molecular complexity index is 825. The van der Waals surface area contributed by atoms with Gasteiger partial charge in [0, 0.05) is 49.9 Å². The van der Waals surface area contributed by atoms with E-state index in [0.717, 1.165) is 44.1 Å². The fraction of sp³-hybridized carbons (Fsp3) is 0.636. The van der Waals surface area contributed by atoms with Gasteiger partial charge in [-0.15, -0.1) is 0 Å². The van der Waals surface area contributed by atoms with E-state index in [4.69, 9.17) is 4.98 Å². The molecule has 0 radical (unpaired) electrons. The van der Waals surface area contributed by atoms with Gasteiger partial charge in [0.1, 0.15) is 5.82 Å². The summed E-state index contributed by atoms with van der Waals surface area (Å²) in [5.74, 6) is 0.808. The van der Waals surface area contributed by atoms with E-state index in [0.29, 0.717) is 12.2 Å². The number of pyridine rings is 1. The molecule has 0 spiro atoms. The minimum atomic E-state index is -0.138. The normalized spacial score (nSPS) is 17.2. The predicted molar refractivity (Wildman–Crippen MR) is 114 cm³/mol. The number of nitrogens with one attached hydrogen (secondary N) is 1. The number of nitrogens with zero attached hydrogens (tertiary/aromatic N) is 4. The highest BCUT2D eigenvalue weighted by Gasteiger charge is 2.31. The van der Waals surface area contributed by atoms with Crippen molar-refractivity contribution in [2.24, 2.45) is 0 Å². The molecular formula is C22H35N5O. The highest BCUT2D eigenvalue weighted by molar-refractivity contribution is 5.99. The maximum absolute atomic E-state index is 13.0. The molecule has 2 aromatic heterocycles. The maximum Gasteiger partial charge on any atom is 0.272 e. The van der Waals surface area contributed by atoms with Crippen molar-refractivity contribution >= 4 is 11.4 Å². The third-order valence-corrected chi connectivity index (χ3v) is 5.79. The number of amides is 1. The molecule has 0 bridgehead atoms. The first-order valence-corrected chi connectivity index (χ1v) is 10.4. The molecule has 1 saturated heterocycles. The summed E-state index contributed by atoms with van der Waals surface area (Å²) >= 11 is 0. The molecule has 6 heteroatoms.